The van der Waals surface area contributed by atoms with Crippen LogP contribution in [0.25, 0.3) is 0 Å². The zero-order valence-corrected chi connectivity index (χ0v) is 8.22. The summed E-state index contributed by atoms with van der Waals surface area (Å²) in [5, 5.41) is 0. The highest BCUT2D eigenvalue weighted by molar-refractivity contribution is 7.99. The van der Waals surface area contributed by atoms with E-state index in [1.54, 1.807) is 0 Å². The van der Waals surface area contributed by atoms with Crippen LogP contribution in [0.5, 0.6) is 0 Å². The van der Waals surface area contributed by atoms with E-state index in [9.17, 15) is 4.79 Å². The van der Waals surface area contributed by atoms with Gasteiger partial charge in [0.1, 0.15) is 6.29 Å². The first-order chi connectivity index (χ1) is 6.40. The third kappa shape index (κ3) is 1.94. The quantitative estimate of drug-likeness (QED) is 0.670. The molecule has 68 valence electrons. The van der Waals surface area contributed by atoms with E-state index in [2.05, 4.69) is 12.1 Å². The first-order valence-electron chi connectivity index (χ1n) is 4.53. The SMILES string of the molecule is O=Cc1ccc(C2CCSC2)cc1. The van der Waals surface area contributed by atoms with E-state index in [1.807, 2.05) is 23.9 Å². The molecular formula is C11H12OS. The van der Waals surface area contributed by atoms with Crippen molar-refractivity contribution < 1.29 is 4.79 Å². The first kappa shape index (κ1) is 8.82. The molecule has 0 aromatic heterocycles. The van der Waals surface area contributed by atoms with Gasteiger partial charge in [0.05, 0.1) is 0 Å². The Kier molecular flexibility index (Phi) is 2.69. The van der Waals surface area contributed by atoms with E-state index in [-0.39, 0.29) is 0 Å². The highest BCUT2D eigenvalue weighted by atomic mass is 32.2. The summed E-state index contributed by atoms with van der Waals surface area (Å²) in [6.07, 6.45) is 2.18. The molecule has 0 radical (unpaired) electrons. The Morgan fingerprint density at radius 2 is 2.08 bits per heavy atom. The van der Waals surface area contributed by atoms with Crippen LogP contribution in [-0.4, -0.2) is 17.8 Å². The topological polar surface area (TPSA) is 17.1 Å². The fraction of sp³-hybridized carbons (Fsp3) is 0.364. The Morgan fingerprint density at radius 1 is 1.31 bits per heavy atom. The summed E-state index contributed by atoms with van der Waals surface area (Å²) < 4.78 is 0. The summed E-state index contributed by atoms with van der Waals surface area (Å²) in [5.74, 6) is 3.23. The van der Waals surface area contributed by atoms with Gasteiger partial charge in [-0.15, -0.1) is 0 Å². The van der Waals surface area contributed by atoms with Crippen LogP contribution < -0.4 is 0 Å². The Morgan fingerprint density at radius 3 is 2.62 bits per heavy atom. The number of carbonyl (C=O) groups is 1. The third-order valence-corrected chi connectivity index (χ3v) is 3.64. The number of hydrogen-bond acceptors (Lipinski definition) is 2. The summed E-state index contributed by atoms with van der Waals surface area (Å²) in [7, 11) is 0. The minimum Gasteiger partial charge on any atom is -0.298 e. The number of aldehydes is 1. The Hall–Kier alpha value is -0.760. The minimum atomic E-state index is 0.714. The molecule has 2 heteroatoms. The van der Waals surface area contributed by atoms with Crippen molar-refractivity contribution in [3.05, 3.63) is 35.4 Å². The van der Waals surface area contributed by atoms with Gasteiger partial charge in [0.25, 0.3) is 0 Å². The molecule has 1 aromatic carbocycles. The van der Waals surface area contributed by atoms with E-state index in [1.165, 1.54) is 23.5 Å². The van der Waals surface area contributed by atoms with Crippen LogP contribution in [0.4, 0.5) is 0 Å². The lowest BCUT2D eigenvalue weighted by molar-refractivity contribution is 0.112. The molecule has 2 rings (SSSR count). The predicted octanol–water partition coefficient (Wildman–Crippen LogP) is 2.72. The van der Waals surface area contributed by atoms with Crippen molar-refractivity contribution in [2.45, 2.75) is 12.3 Å². The molecule has 0 saturated carbocycles. The second-order valence-electron chi connectivity index (χ2n) is 3.35. The summed E-state index contributed by atoms with van der Waals surface area (Å²) in [6, 6.07) is 7.98. The van der Waals surface area contributed by atoms with Crippen molar-refractivity contribution in [1.29, 1.82) is 0 Å². The number of thioether (sulfide) groups is 1. The molecule has 1 aliphatic rings. The van der Waals surface area contributed by atoms with Gasteiger partial charge in [-0.25, -0.2) is 0 Å². The van der Waals surface area contributed by atoms with Crippen LogP contribution in [0.3, 0.4) is 0 Å². The van der Waals surface area contributed by atoms with Crippen molar-refractivity contribution in [3.8, 4) is 0 Å². The Labute approximate surface area is 82.5 Å². The lowest BCUT2D eigenvalue weighted by Gasteiger charge is -2.07. The Bertz CT molecular complexity index is 285. The van der Waals surface area contributed by atoms with Gasteiger partial charge in [-0.1, -0.05) is 24.3 Å². The normalized spacial score (nSPS) is 21.7. The summed E-state index contributed by atoms with van der Waals surface area (Å²) in [4.78, 5) is 10.4. The number of benzene rings is 1. The zero-order chi connectivity index (χ0) is 9.10. The molecule has 0 spiro atoms. The molecule has 1 nitrogen and oxygen atoms in total. The van der Waals surface area contributed by atoms with Crippen molar-refractivity contribution in [2.24, 2.45) is 0 Å². The van der Waals surface area contributed by atoms with Crippen LogP contribution in [0, 0.1) is 0 Å². The molecular weight excluding hydrogens is 180 g/mol. The largest absolute Gasteiger partial charge is 0.298 e. The molecule has 0 bridgehead atoms. The molecule has 1 atom stereocenters. The first-order valence-corrected chi connectivity index (χ1v) is 5.68. The summed E-state index contributed by atoms with van der Waals surface area (Å²) in [5.41, 5.74) is 2.16. The maximum atomic E-state index is 10.4. The van der Waals surface area contributed by atoms with E-state index in [4.69, 9.17) is 0 Å². The Balaban J connectivity index is 2.16. The fourth-order valence-corrected chi connectivity index (χ4v) is 2.91. The second-order valence-corrected chi connectivity index (χ2v) is 4.49. The van der Waals surface area contributed by atoms with Crippen LogP contribution in [0.2, 0.25) is 0 Å². The molecule has 0 aliphatic carbocycles. The molecule has 1 aromatic rings. The average molecular weight is 192 g/mol. The third-order valence-electron chi connectivity index (χ3n) is 2.47. The van der Waals surface area contributed by atoms with E-state index >= 15 is 0 Å². The van der Waals surface area contributed by atoms with Crippen molar-refractivity contribution in [3.63, 3.8) is 0 Å². The van der Waals surface area contributed by atoms with Gasteiger partial charge in [0.2, 0.25) is 0 Å². The van der Waals surface area contributed by atoms with Gasteiger partial charge in [-0.2, -0.15) is 11.8 Å². The predicted molar refractivity (Wildman–Crippen MR) is 56.5 cm³/mol. The van der Waals surface area contributed by atoms with Crippen LogP contribution >= 0.6 is 11.8 Å². The highest BCUT2D eigenvalue weighted by Gasteiger charge is 2.16. The maximum Gasteiger partial charge on any atom is 0.150 e. The van der Waals surface area contributed by atoms with Crippen molar-refractivity contribution in [2.75, 3.05) is 11.5 Å². The van der Waals surface area contributed by atoms with Crippen molar-refractivity contribution >= 4 is 18.0 Å². The van der Waals surface area contributed by atoms with Gasteiger partial charge in [0.15, 0.2) is 0 Å². The summed E-state index contributed by atoms with van der Waals surface area (Å²) in [6.45, 7) is 0. The minimum absolute atomic E-state index is 0.714. The molecule has 1 unspecified atom stereocenters. The molecule has 1 aliphatic heterocycles. The standard InChI is InChI=1S/C11H12OS/c12-7-9-1-3-10(4-2-9)11-5-6-13-8-11/h1-4,7,11H,5-6,8H2. The number of rotatable bonds is 2. The molecule has 0 amide bonds. The second kappa shape index (κ2) is 3.97. The lowest BCUT2D eigenvalue weighted by atomic mass is 9.98. The summed E-state index contributed by atoms with van der Waals surface area (Å²) >= 11 is 2.02. The maximum absolute atomic E-state index is 10.4. The monoisotopic (exact) mass is 192 g/mol. The van der Waals surface area contributed by atoms with E-state index in [0.29, 0.717) is 5.92 Å². The fourth-order valence-electron chi connectivity index (χ4n) is 1.64. The number of carbonyl (C=O) groups excluding carboxylic acids is 1. The van der Waals surface area contributed by atoms with Crippen LogP contribution in [0.1, 0.15) is 28.3 Å². The van der Waals surface area contributed by atoms with Gasteiger partial charge >= 0.3 is 0 Å². The van der Waals surface area contributed by atoms with Gasteiger partial charge in [0, 0.05) is 11.3 Å². The van der Waals surface area contributed by atoms with Gasteiger partial charge in [-0.3, -0.25) is 4.79 Å². The van der Waals surface area contributed by atoms with Gasteiger partial charge in [-0.05, 0) is 23.7 Å². The smallest absolute Gasteiger partial charge is 0.150 e. The molecule has 1 fully saturated rings. The molecule has 13 heavy (non-hydrogen) atoms. The van der Waals surface area contributed by atoms with Gasteiger partial charge < -0.3 is 0 Å². The van der Waals surface area contributed by atoms with Crippen LogP contribution in [-0.2, 0) is 0 Å². The lowest BCUT2D eigenvalue weighted by Crippen LogP contribution is -1.95. The molecule has 1 saturated heterocycles. The van der Waals surface area contributed by atoms with Crippen LogP contribution in [0.15, 0.2) is 24.3 Å². The number of hydrogen-bond donors (Lipinski definition) is 0. The van der Waals surface area contributed by atoms with E-state index < -0.39 is 0 Å². The zero-order valence-electron chi connectivity index (χ0n) is 7.40. The van der Waals surface area contributed by atoms with E-state index in [0.717, 1.165) is 11.8 Å². The molecule has 1 heterocycles. The highest BCUT2D eigenvalue weighted by Crippen LogP contribution is 2.32. The molecule has 0 N–H and O–H groups in total. The van der Waals surface area contributed by atoms with Crippen molar-refractivity contribution in [1.82, 2.24) is 0 Å². The average Bonchev–Trinajstić information content (AvgIpc) is 2.71.